The molecule has 0 atom stereocenters. The van der Waals surface area contributed by atoms with Gasteiger partial charge in [-0.05, 0) is 13.5 Å². The summed E-state index contributed by atoms with van der Waals surface area (Å²) in [5.74, 6) is -0.186. The van der Waals surface area contributed by atoms with Crippen molar-refractivity contribution >= 4 is 5.97 Å². The van der Waals surface area contributed by atoms with Crippen LogP contribution in [0.2, 0.25) is 0 Å². The minimum absolute atomic E-state index is 0.186. The highest BCUT2D eigenvalue weighted by Crippen LogP contribution is 1.92. The van der Waals surface area contributed by atoms with E-state index >= 15 is 0 Å². The van der Waals surface area contributed by atoms with E-state index in [2.05, 4.69) is 12.2 Å². The minimum atomic E-state index is -0.186. The van der Waals surface area contributed by atoms with Gasteiger partial charge in [-0.15, -0.1) is 0 Å². The van der Waals surface area contributed by atoms with E-state index in [1.165, 1.54) is 0 Å². The molecule has 0 bridgehead atoms. The van der Waals surface area contributed by atoms with E-state index in [1.54, 1.807) is 0 Å². The third-order valence-corrected chi connectivity index (χ3v) is 2.08. The number of carbonyl (C=O) groups is 1. The Kier molecular flexibility index (Phi) is 12.9. The molecule has 1 N–H and O–H groups in total. The quantitative estimate of drug-likeness (QED) is 0.411. The monoisotopic (exact) mass is 247 g/mol. The number of ether oxygens (including phenoxy) is 3. The highest BCUT2D eigenvalue weighted by Gasteiger charge is 2.01. The van der Waals surface area contributed by atoms with Gasteiger partial charge in [0.25, 0.3) is 0 Å². The normalized spacial score (nSPS) is 10.5. The van der Waals surface area contributed by atoms with Crippen LogP contribution in [0.25, 0.3) is 0 Å². The van der Waals surface area contributed by atoms with Crippen LogP contribution in [0.15, 0.2) is 0 Å². The molecular formula is C12H25NO4. The first-order valence-corrected chi connectivity index (χ1v) is 6.27. The lowest BCUT2D eigenvalue weighted by atomic mass is 10.4. The molecule has 0 unspecified atom stereocenters. The van der Waals surface area contributed by atoms with Gasteiger partial charge in [0.1, 0.15) is 0 Å². The Labute approximate surface area is 104 Å². The average Bonchev–Trinajstić information content (AvgIpc) is 2.33. The number of likely N-dealkylation sites (N-methyl/N-ethyl adjacent to an activating group) is 1. The van der Waals surface area contributed by atoms with E-state index in [-0.39, 0.29) is 5.97 Å². The van der Waals surface area contributed by atoms with Crippen LogP contribution in [0.1, 0.15) is 26.2 Å². The van der Waals surface area contributed by atoms with Crippen molar-refractivity contribution in [3.8, 4) is 0 Å². The van der Waals surface area contributed by atoms with Gasteiger partial charge in [-0.2, -0.15) is 0 Å². The standard InChI is InChI=1S/C12H25NO4/c1-3-4-7-17-12(14)5-8-15-10-11-16-9-6-13-2/h13H,3-11H2,1-2H3. The molecule has 17 heavy (non-hydrogen) atoms. The Hall–Kier alpha value is -0.650. The third-order valence-electron chi connectivity index (χ3n) is 2.08. The molecule has 0 aliphatic rings. The molecule has 0 rings (SSSR count). The molecule has 0 saturated carbocycles. The second kappa shape index (κ2) is 13.4. The number of nitrogens with one attached hydrogen (secondary N) is 1. The minimum Gasteiger partial charge on any atom is -0.466 e. The zero-order valence-corrected chi connectivity index (χ0v) is 11.0. The molecule has 0 amide bonds. The fourth-order valence-corrected chi connectivity index (χ4v) is 1.05. The molecule has 0 fully saturated rings. The molecule has 0 aliphatic heterocycles. The summed E-state index contributed by atoms with van der Waals surface area (Å²) in [6, 6.07) is 0. The number of rotatable bonds is 12. The number of hydrogen-bond acceptors (Lipinski definition) is 5. The van der Waals surface area contributed by atoms with Crippen LogP contribution < -0.4 is 5.32 Å². The Morgan fingerprint density at radius 1 is 1.06 bits per heavy atom. The lowest BCUT2D eigenvalue weighted by Gasteiger charge is -2.06. The van der Waals surface area contributed by atoms with Gasteiger partial charge < -0.3 is 19.5 Å². The Balaban J connectivity index is 3.08. The molecule has 0 aliphatic carbocycles. The Morgan fingerprint density at radius 3 is 2.41 bits per heavy atom. The van der Waals surface area contributed by atoms with Gasteiger partial charge in [-0.1, -0.05) is 13.3 Å². The largest absolute Gasteiger partial charge is 0.466 e. The van der Waals surface area contributed by atoms with Crippen molar-refractivity contribution in [3.05, 3.63) is 0 Å². The van der Waals surface area contributed by atoms with Crippen molar-refractivity contribution in [1.29, 1.82) is 0 Å². The Bertz CT molecular complexity index is 176. The number of carbonyl (C=O) groups excluding carboxylic acids is 1. The third kappa shape index (κ3) is 13.3. The van der Waals surface area contributed by atoms with Crippen molar-refractivity contribution in [2.24, 2.45) is 0 Å². The molecule has 0 spiro atoms. The summed E-state index contributed by atoms with van der Waals surface area (Å²) in [7, 11) is 1.88. The SMILES string of the molecule is CCCCOC(=O)CCOCCOCCNC. The lowest BCUT2D eigenvalue weighted by Crippen LogP contribution is -2.16. The van der Waals surface area contributed by atoms with E-state index in [0.29, 0.717) is 39.5 Å². The number of esters is 1. The molecular weight excluding hydrogens is 222 g/mol. The van der Waals surface area contributed by atoms with Crippen LogP contribution in [0.5, 0.6) is 0 Å². The van der Waals surface area contributed by atoms with Crippen molar-refractivity contribution in [3.63, 3.8) is 0 Å². The van der Waals surface area contributed by atoms with Crippen molar-refractivity contribution in [2.75, 3.05) is 46.6 Å². The summed E-state index contributed by atoms with van der Waals surface area (Å²) in [5, 5.41) is 2.98. The molecule has 5 heteroatoms. The van der Waals surface area contributed by atoms with Gasteiger partial charge in [0.15, 0.2) is 0 Å². The van der Waals surface area contributed by atoms with E-state index in [4.69, 9.17) is 14.2 Å². The van der Waals surface area contributed by atoms with Crippen LogP contribution in [0.3, 0.4) is 0 Å². The smallest absolute Gasteiger partial charge is 0.308 e. The molecule has 0 aromatic carbocycles. The van der Waals surface area contributed by atoms with Crippen molar-refractivity contribution in [2.45, 2.75) is 26.2 Å². The first-order chi connectivity index (χ1) is 8.31. The maximum absolute atomic E-state index is 11.2. The molecule has 0 aromatic rings. The second-order valence-corrected chi connectivity index (χ2v) is 3.65. The summed E-state index contributed by atoms with van der Waals surface area (Å²) < 4.78 is 15.5. The molecule has 102 valence electrons. The summed E-state index contributed by atoms with van der Waals surface area (Å²) >= 11 is 0. The van der Waals surface area contributed by atoms with Crippen LogP contribution in [0, 0.1) is 0 Å². The van der Waals surface area contributed by atoms with Gasteiger partial charge in [-0.3, -0.25) is 4.79 Å². The van der Waals surface area contributed by atoms with Crippen molar-refractivity contribution < 1.29 is 19.0 Å². The van der Waals surface area contributed by atoms with Gasteiger partial charge in [0.05, 0.1) is 39.5 Å². The topological polar surface area (TPSA) is 56.8 Å². The molecule has 0 saturated heterocycles. The van der Waals surface area contributed by atoms with Crippen LogP contribution in [-0.4, -0.2) is 52.6 Å². The molecule has 5 nitrogen and oxygen atoms in total. The maximum atomic E-state index is 11.2. The second-order valence-electron chi connectivity index (χ2n) is 3.65. The molecule has 0 aromatic heterocycles. The van der Waals surface area contributed by atoms with Gasteiger partial charge in [-0.25, -0.2) is 0 Å². The highest BCUT2D eigenvalue weighted by molar-refractivity contribution is 5.69. The first kappa shape index (κ1) is 16.4. The van der Waals surface area contributed by atoms with E-state index < -0.39 is 0 Å². The summed E-state index contributed by atoms with van der Waals surface area (Å²) in [5.41, 5.74) is 0. The average molecular weight is 247 g/mol. The first-order valence-electron chi connectivity index (χ1n) is 6.27. The fourth-order valence-electron chi connectivity index (χ4n) is 1.05. The van der Waals surface area contributed by atoms with E-state index in [9.17, 15) is 4.79 Å². The van der Waals surface area contributed by atoms with Gasteiger partial charge in [0.2, 0.25) is 0 Å². The zero-order chi connectivity index (χ0) is 12.8. The number of unbranched alkanes of at least 4 members (excludes halogenated alkanes) is 1. The Morgan fingerprint density at radius 2 is 1.76 bits per heavy atom. The predicted octanol–water partition coefficient (Wildman–Crippen LogP) is 0.972. The van der Waals surface area contributed by atoms with Crippen molar-refractivity contribution in [1.82, 2.24) is 5.32 Å². The fraction of sp³-hybridized carbons (Fsp3) is 0.917. The highest BCUT2D eigenvalue weighted by atomic mass is 16.5. The van der Waals surface area contributed by atoms with Gasteiger partial charge in [0, 0.05) is 6.54 Å². The molecule has 0 heterocycles. The van der Waals surface area contributed by atoms with Gasteiger partial charge >= 0.3 is 5.97 Å². The summed E-state index contributed by atoms with van der Waals surface area (Å²) in [6.07, 6.45) is 2.28. The maximum Gasteiger partial charge on any atom is 0.308 e. The summed E-state index contributed by atoms with van der Waals surface area (Å²) in [4.78, 5) is 11.2. The molecule has 0 radical (unpaired) electrons. The predicted molar refractivity (Wildman–Crippen MR) is 66.0 cm³/mol. The van der Waals surface area contributed by atoms with Crippen LogP contribution in [-0.2, 0) is 19.0 Å². The number of hydrogen-bond donors (Lipinski definition) is 1. The zero-order valence-electron chi connectivity index (χ0n) is 11.0. The van der Waals surface area contributed by atoms with E-state index in [1.807, 2.05) is 7.05 Å². The lowest BCUT2D eigenvalue weighted by molar-refractivity contribution is -0.145. The van der Waals surface area contributed by atoms with Crippen LogP contribution >= 0.6 is 0 Å². The summed E-state index contributed by atoms with van der Waals surface area (Å²) in [6.45, 7) is 5.58. The van der Waals surface area contributed by atoms with E-state index in [0.717, 1.165) is 19.4 Å². The van der Waals surface area contributed by atoms with Crippen LogP contribution in [0.4, 0.5) is 0 Å².